The molecule has 138 valence electrons. The second-order valence-electron chi connectivity index (χ2n) is 6.61. The summed E-state index contributed by atoms with van der Waals surface area (Å²) in [5.74, 6) is 1.04. The monoisotopic (exact) mass is 391 g/mol. The van der Waals surface area contributed by atoms with Crippen molar-refractivity contribution in [1.82, 2.24) is 14.5 Å². The minimum atomic E-state index is -0.145. The van der Waals surface area contributed by atoms with Crippen LogP contribution < -0.4 is 5.56 Å². The third kappa shape index (κ3) is 4.13. The molecule has 0 unspecified atom stereocenters. The molecule has 0 bridgehead atoms. The molecule has 26 heavy (non-hydrogen) atoms. The Hall–Kier alpha value is -1.79. The Kier molecular flexibility index (Phi) is 6.04. The third-order valence-corrected chi connectivity index (χ3v) is 5.85. The van der Waals surface area contributed by atoms with Crippen LogP contribution >= 0.6 is 23.4 Å². The van der Waals surface area contributed by atoms with E-state index in [-0.39, 0.29) is 17.2 Å². The largest absolute Gasteiger partial charge is 0.342 e. The molecule has 1 fully saturated rings. The maximum atomic E-state index is 12.8. The fourth-order valence-corrected chi connectivity index (χ4v) is 4.13. The molecule has 5 nitrogen and oxygen atoms in total. The Morgan fingerprint density at radius 2 is 2.15 bits per heavy atom. The van der Waals surface area contributed by atoms with E-state index in [9.17, 15) is 9.59 Å². The lowest BCUT2D eigenvalue weighted by Gasteiger charge is -2.30. The first-order valence-electron chi connectivity index (χ1n) is 8.71. The first-order valence-corrected chi connectivity index (χ1v) is 10.1. The highest BCUT2D eigenvalue weighted by Gasteiger charge is 2.21. The second kappa shape index (κ2) is 8.27. The molecule has 1 saturated heterocycles. The quantitative estimate of drug-likeness (QED) is 0.444. The van der Waals surface area contributed by atoms with Crippen LogP contribution in [0, 0.1) is 5.92 Å². The smallest absolute Gasteiger partial charge is 0.262 e. The molecule has 3 rings (SSSR count). The van der Waals surface area contributed by atoms with E-state index in [2.05, 4.69) is 18.5 Å². The number of carbonyl (C=O) groups is 1. The van der Waals surface area contributed by atoms with Crippen molar-refractivity contribution in [2.24, 2.45) is 5.92 Å². The SMILES string of the molecule is C=CCn1c(SCC(=O)N2CCC(C)CC2)nc2cc(Cl)ccc2c1=O. The molecular formula is C19H22ClN3O2S. The fraction of sp³-hybridized carbons (Fsp3) is 0.421. The van der Waals surface area contributed by atoms with Gasteiger partial charge >= 0.3 is 0 Å². The zero-order chi connectivity index (χ0) is 18.7. The number of carbonyl (C=O) groups excluding carboxylic acids is 1. The number of halogens is 1. The first-order chi connectivity index (χ1) is 12.5. The molecule has 0 saturated carbocycles. The van der Waals surface area contributed by atoms with Crippen molar-refractivity contribution in [1.29, 1.82) is 0 Å². The van der Waals surface area contributed by atoms with E-state index in [0.29, 0.717) is 33.5 Å². The van der Waals surface area contributed by atoms with Crippen LogP contribution in [0.15, 0.2) is 40.8 Å². The van der Waals surface area contributed by atoms with Gasteiger partial charge in [-0.15, -0.1) is 6.58 Å². The van der Waals surface area contributed by atoms with Gasteiger partial charge in [0.15, 0.2) is 5.16 Å². The number of hydrogen-bond donors (Lipinski definition) is 0. The van der Waals surface area contributed by atoms with Crippen LogP contribution in [-0.4, -0.2) is 39.2 Å². The van der Waals surface area contributed by atoms with Gasteiger partial charge in [-0.1, -0.05) is 36.4 Å². The Balaban J connectivity index is 1.84. The molecule has 2 heterocycles. The van der Waals surface area contributed by atoms with Gasteiger partial charge in [-0.2, -0.15) is 0 Å². The zero-order valence-electron chi connectivity index (χ0n) is 14.8. The van der Waals surface area contributed by atoms with E-state index in [0.717, 1.165) is 25.9 Å². The van der Waals surface area contributed by atoms with Gasteiger partial charge in [0.25, 0.3) is 5.56 Å². The molecule has 1 aromatic carbocycles. The Morgan fingerprint density at radius 3 is 2.85 bits per heavy atom. The maximum absolute atomic E-state index is 12.8. The molecular weight excluding hydrogens is 370 g/mol. The van der Waals surface area contributed by atoms with Gasteiger partial charge in [-0.3, -0.25) is 14.2 Å². The number of likely N-dealkylation sites (tertiary alicyclic amines) is 1. The van der Waals surface area contributed by atoms with Crippen molar-refractivity contribution >= 4 is 40.2 Å². The predicted molar refractivity (Wildman–Crippen MR) is 107 cm³/mol. The number of nitrogens with zero attached hydrogens (tertiary/aromatic N) is 3. The highest BCUT2D eigenvalue weighted by Crippen LogP contribution is 2.22. The van der Waals surface area contributed by atoms with Gasteiger partial charge < -0.3 is 4.90 Å². The fourth-order valence-electron chi connectivity index (χ4n) is 3.05. The summed E-state index contributed by atoms with van der Waals surface area (Å²) in [7, 11) is 0. The summed E-state index contributed by atoms with van der Waals surface area (Å²) in [6.45, 7) is 7.89. The molecule has 7 heteroatoms. The number of amides is 1. The van der Waals surface area contributed by atoms with E-state index in [1.807, 2.05) is 4.90 Å². The number of rotatable bonds is 5. The average Bonchev–Trinajstić information content (AvgIpc) is 2.62. The standard InChI is InChI=1S/C19H22ClN3O2S/c1-3-8-23-18(25)15-5-4-14(20)11-16(15)21-19(23)26-12-17(24)22-9-6-13(2)7-10-22/h3-5,11,13H,1,6-10,12H2,2H3. The molecule has 2 aromatic rings. The molecule has 0 N–H and O–H groups in total. The minimum absolute atomic E-state index is 0.0903. The van der Waals surface area contributed by atoms with Crippen LogP contribution in [0.25, 0.3) is 10.9 Å². The zero-order valence-corrected chi connectivity index (χ0v) is 16.4. The van der Waals surface area contributed by atoms with Crippen LogP contribution in [0.2, 0.25) is 5.02 Å². The van der Waals surface area contributed by atoms with Crippen LogP contribution in [0.5, 0.6) is 0 Å². The Bertz CT molecular complexity index is 888. The highest BCUT2D eigenvalue weighted by molar-refractivity contribution is 7.99. The lowest BCUT2D eigenvalue weighted by atomic mass is 9.99. The molecule has 1 aliphatic rings. The van der Waals surface area contributed by atoms with Gasteiger partial charge in [0.1, 0.15) is 0 Å². The Morgan fingerprint density at radius 1 is 1.42 bits per heavy atom. The highest BCUT2D eigenvalue weighted by atomic mass is 35.5. The van der Waals surface area contributed by atoms with Crippen molar-refractivity contribution in [2.75, 3.05) is 18.8 Å². The van der Waals surface area contributed by atoms with Crippen molar-refractivity contribution in [3.05, 3.63) is 46.2 Å². The number of allylic oxidation sites excluding steroid dienone is 1. The van der Waals surface area contributed by atoms with Crippen molar-refractivity contribution in [3.8, 4) is 0 Å². The molecule has 0 atom stereocenters. The van der Waals surface area contributed by atoms with Crippen LogP contribution in [-0.2, 0) is 11.3 Å². The number of benzene rings is 1. The van der Waals surface area contributed by atoms with Crippen molar-refractivity contribution in [2.45, 2.75) is 31.5 Å². The van der Waals surface area contributed by atoms with Gasteiger partial charge in [0.2, 0.25) is 5.91 Å². The summed E-state index contributed by atoms with van der Waals surface area (Å²) in [6.07, 6.45) is 3.75. The molecule has 0 radical (unpaired) electrons. The first kappa shape index (κ1) is 19.0. The summed E-state index contributed by atoms with van der Waals surface area (Å²) >= 11 is 7.33. The number of fused-ring (bicyclic) bond motifs is 1. The Labute approximate surface area is 162 Å². The van der Waals surface area contributed by atoms with E-state index in [1.165, 1.54) is 11.8 Å². The second-order valence-corrected chi connectivity index (χ2v) is 7.99. The number of hydrogen-bond acceptors (Lipinski definition) is 4. The van der Waals surface area contributed by atoms with Gasteiger partial charge in [0.05, 0.1) is 16.7 Å². The number of piperidine rings is 1. The lowest BCUT2D eigenvalue weighted by Crippen LogP contribution is -2.39. The summed E-state index contributed by atoms with van der Waals surface area (Å²) in [4.78, 5) is 31.7. The van der Waals surface area contributed by atoms with Gasteiger partial charge in [-0.25, -0.2) is 4.98 Å². The lowest BCUT2D eigenvalue weighted by molar-refractivity contribution is -0.129. The molecule has 0 spiro atoms. The van der Waals surface area contributed by atoms with Gasteiger partial charge in [-0.05, 0) is 37.0 Å². The van der Waals surface area contributed by atoms with Gasteiger partial charge in [0, 0.05) is 24.7 Å². The van der Waals surface area contributed by atoms with E-state index >= 15 is 0 Å². The van der Waals surface area contributed by atoms with E-state index in [4.69, 9.17) is 11.6 Å². The van der Waals surface area contributed by atoms with Crippen molar-refractivity contribution < 1.29 is 4.79 Å². The van der Waals surface area contributed by atoms with Crippen molar-refractivity contribution in [3.63, 3.8) is 0 Å². The summed E-state index contributed by atoms with van der Waals surface area (Å²) < 4.78 is 1.56. The minimum Gasteiger partial charge on any atom is -0.342 e. The molecule has 1 amide bonds. The number of thioether (sulfide) groups is 1. The van der Waals surface area contributed by atoms with Crippen LogP contribution in [0.1, 0.15) is 19.8 Å². The maximum Gasteiger partial charge on any atom is 0.262 e. The van der Waals surface area contributed by atoms with E-state index in [1.54, 1.807) is 28.8 Å². The molecule has 1 aliphatic heterocycles. The average molecular weight is 392 g/mol. The normalized spacial score (nSPS) is 15.4. The number of aromatic nitrogens is 2. The molecule has 1 aromatic heterocycles. The predicted octanol–water partition coefficient (Wildman–Crippen LogP) is 3.59. The van der Waals surface area contributed by atoms with Crippen LogP contribution in [0.3, 0.4) is 0 Å². The summed E-state index contributed by atoms with van der Waals surface area (Å²) in [6, 6.07) is 5.04. The summed E-state index contributed by atoms with van der Waals surface area (Å²) in [5, 5.41) is 1.56. The van der Waals surface area contributed by atoms with Crippen LogP contribution in [0.4, 0.5) is 0 Å². The summed E-state index contributed by atoms with van der Waals surface area (Å²) in [5.41, 5.74) is 0.401. The molecule has 0 aliphatic carbocycles. The third-order valence-electron chi connectivity index (χ3n) is 4.66. The topological polar surface area (TPSA) is 55.2 Å². The van der Waals surface area contributed by atoms with E-state index < -0.39 is 0 Å².